The van der Waals surface area contributed by atoms with Gasteiger partial charge in [0.2, 0.25) is 0 Å². The Morgan fingerprint density at radius 3 is 2.25 bits per heavy atom. The number of carbonyl (C=O) groups is 1. The van der Waals surface area contributed by atoms with Crippen molar-refractivity contribution in [2.45, 2.75) is 46.5 Å². The molecular formula is C23H27N3O2. The van der Waals surface area contributed by atoms with Crippen LogP contribution in [-0.4, -0.2) is 27.3 Å². The summed E-state index contributed by atoms with van der Waals surface area (Å²) in [5, 5.41) is 4.33. The molecule has 0 amide bonds. The number of hydrogen-bond acceptors (Lipinski definition) is 4. The first-order valence-corrected chi connectivity index (χ1v) is 9.61. The highest BCUT2D eigenvalue weighted by Gasteiger charge is 2.21. The van der Waals surface area contributed by atoms with Gasteiger partial charge in [-0.15, -0.1) is 5.10 Å². The minimum absolute atomic E-state index is 0.0308. The molecule has 2 aromatic carbocycles. The minimum atomic E-state index is -0.227. The summed E-state index contributed by atoms with van der Waals surface area (Å²) in [4.78, 5) is 17.6. The number of ether oxygens (including phenoxy) is 1. The van der Waals surface area contributed by atoms with Gasteiger partial charge in [0, 0.05) is 11.1 Å². The number of rotatable bonds is 5. The summed E-state index contributed by atoms with van der Waals surface area (Å²) in [6.07, 6.45) is 0.844. The Balaban J connectivity index is 2.00. The molecule has 0 atom stereocenters. The maximum absolute atomic E-state index is 13.2. The fourth-order valence-corrected chi connectivity index (χ4v) is 2.81. The second-order valence-corrected chi connectivity index (χ2v) is 7.98. The lowest BCUT2D eigenvalue weighted by Gasteiger charge is -2.19. The predicted molar refractivity (Wildman–Crippen MR) is 111 cm³/mol. The molecule has 0 aliphatic carbocycles. The van der Waals surface area contributed by atoms with Crippen LogP contribution in [0.1, 0.15) is 55.6 Å². The Bertz CT molecular complexity index is 949. The first-order chi connectivity index (χ1) is 13.3. The van der Waals surface area contributed by atoms with Gasteiger partial charge in [-0.05, 0) is 36.5 Å². The summed E-state index contributed by atoms with van der Waals surface area (Å²) in [6.45, 7) is 11.0. The van der Waals surface area contributed by atoms with Gasteiger partial charge in [-0.1, -0.05) is 69.7 Å². The molecule has 1 aromatic heterocycles. The molecule has 5 nitrogen and oxygen atoms in total. The van der Waals surface area contributed by atoms with Crippen LogP contribution in [0.2, 0.25) is 0 Å². The van der Waals surface area contributed by atoms with Gasteiger partial charge in [0.25, 0.3) is 5.91 Å². The Labute approximate surface area is 166 Å². The van der Waals surface area contributed by atoms with Crippen LogP contribution in [-0.2, 0) is 5.41 Å². The maximum Gasteiger partial charge on any atom is 0.336 e. The zero-order valence-electron chi connectivity index (χ0n) is 17.2. The van der Waals surface area contributed by atoms with Gasteiger partial charge in [0.1, 0.15) is 0 Å². The van der Waals surface area contributed by atoms with Crippen molar-refractivity contribution < 1.29 is 9.53 Å². The van der Waals surface area contributed by atoms with Crippen molar-refractivity contribution in [1.29, 1.82) is 0 Å². The Hall–Kier alpha value is -2.95. The molecule has 1 heterocycles. The van der Waals surface area contributed by atoms with Crippen molar-refractivity contribution in [2.75, 3.05) is 6.61 Å². The quantitative estimate of drug-likeness (QED) is 0.626. The van der Waals surface area contributed by atoms with Gasteiger partial charge in [-0.2, -0.15) is 9.67 Å². The summed E-state index contributed by atoms with van der Waals surface area (Å²) in [5.41, 5.74) is 3.73. The van der Waals surface area contributed by atoms with E-state index < -0.39 is 0 Å². The van der Waals surface area contributed by atoms with Crippen LogP contribution >= 0.6 is 0 Å². The van der Waals surface area contributed by atoms with Gasteiger partial charge < -0.3 is 4.74 Å². The van der Waals surface area contributed by atoms with Crippen LogP contribution < -0.4 is 4.74 Å². The molecule has 0 unspecified atom stereocenters. The second kappa shape index (κ2) is 7.97. The second-order valence-electron chi connectivity index (χ2n) is 7.98. The van der Waals surface area contributed by atoms with E-state index in [1.165, 1.54) is 10.2 Å². The van der Waals surface area contributed by atoms with Crippen molar-refractivity contribution in [1.82, 2.24) is 14.8 Å². The molecule has 5 heteroatoms. The number of hydrogen-bond donors (Lipinski definition) is 0. The van der Waals surface area contributed by atoms with Crippen LogP contribution in [0.3, 0.4) is 0 Å². The van der Waals surface area contributed by atoms with Crippen LogP contribution in [0.4, 0.5) is 0 Å². The van der Waals surface area contributed by atoms with Crippen molar-refractivity contribution in [2.24, 2.45) is 0 Å². The number of aromatic nitrogens is 3. The first kappa shape index (κ1) is 19.8. The van der Waals surface area contributed by atoms with E-state index in [0.29, 0.717) is 18.0 Å². The van der Waals surface area contributed by atoms with E-state index in [4.69, 9.17) is 4.74 Å². The molecule has 0 saturated heterocycles. The average molecular weight is 377 g/mol. The molecule has 0 fully saturated rings. The predicted octanol–water partition coefficient (Wildman–Crippen LogP) is 5.03. The normalized spacial score (nSPS) is 11.5. The zero-order valence-corrected chi connectivity index (χ0v) is 17.2. The zero-order chi connectivity index (χ0) is 20.3. The largest absolute Gasteiger partial charge is 0.462 e. The third kappa shape index (κ3) is 4.30. The lowest BCUT2D eigenvalue weighted by Crippen LogP contribution is -2.16. The van der Waals surface area contributed by atoms with Crippen molar-refractivity contribution in [3.63, 3.8) is 0 Å². The Morgan fingerprint density at radius 1 is 1.04 bits per heavy atom. The van der Waals surface area contributed by atoms with E-state index in [2.05, 4.69) is 30.9 Å². The van der Waals surface area contributed by atoms with Crippen LogP contribution in [0.5, 0.6) is 6.01 Å². The summed E-state index contributed by atoms with van der Waals surface area (Å²) in [5.74, 6) is 0.255. The monoisotopic (exact) mass is 377 g/mol. The summed E-state index contributed by atoms with van der Waals surface area (Å²) in [7, 11) is 0. The van der Waals surface area contributed by atoms with Crippen LogP contribution in [0, 0.1) is 6.92 Å². The highest BCUT2D eigenvalue weighted by molar-refractivity contribution is 5.97. The molecule has 3 aromatic rings. The first-order valence-electron chi connectivity index (χ1n) is 9.61. The molecule has 0 spiro atoms. The number of benzene rings is 2. The van der Waals surface area contributed by atoms with Crippen LogP contribution in [0.15, 0.2) is 48.5 Å². The molecule has 0 N–H and O–H groups in total. The fraction of sp³-hybridized carbons (Fsp3) is 0.348. The van der Waals surface area contributed by atoms with Crippen molar-refractivity contribution in [3.05, 3.63) is 65.2 Å². The molecule has 0 radical (unpaired) electrons. The Morgan fingerprint density at radius 2 is 1.68 bits per heavy atom. The van der Waals surface area contributed by atoms with Gasteiger partial charge >= 0.3 is 6.01 Å². The van der Waals surface area contributed by atoms with Gasteiger partial charge in [0.15, 0.2) is 5.82 Å². The van der Waals surface area contributed by atoms with Gasteiger partial charge in [0.05, 0.1) is 6.61 Å². The molecule has 28 heavy (non-hydrogen) atoms. The SMILES string of the molecule is CCCOc1nc(-c2ccc(C)cc2)n(C(=O)c2ccc(C(C)(C)C)cc2)n1. The van der Waals surface area contributed by atoms with Gasteiger partial charge in [-0.25, -0.2) is 0 Å². The maximum atomic E-state index is 13.2. The van der Waals surface area contributed by atoms with E-state index in [0.717, 1.165) is 17.5 Å². The van der Waals surface area contributed by atoms with Crippen molar-refractivity contribution >= 4 is 5.91 Å². The fourth-order valence-electron chi connectivity index (χ4n) is 2.81. The topological polar surface area (TPSA) is 57.0 Å². The summed E-state index contributed by atoms with van der Waals surface area (Å²) in [6, 6.07) is 15.7. The molecule has 0 saturated carbocycles. The molecule has 0 aliphatic rings. The molecule has 0 bridgehead atoms. The van der Waals surface area contributed by atoms with E-state index in [1.807, 2.05) is 62.4 Å². The van der Waals surface area contributed by atoms with E-state index in [-0.39, 0.29) is 17.3 Å². The lowest BCUT2D eigenvalue weighted by molar-refractivity contribution is 0.0944. The summed E-state index contributed by atoms with van der Waals surface area (Å²) >= 11 is 0. The highest BCUT2D eigenvalue weighted by atomic mass is 16.5. The molecule has 3 rings (SSSR count). The van der Waals surface area contributed by atoms with Gasteiger partial charge in [-0.3, -0.25) is 4.79 Å². The van der Waals surface area contributed by atoms with E-state index in [1.54, 1.807) is 0 Å². The number of aryl methyl sites for hydroxylation is 1. The van der Waals surface area contributed by atoms with E-state index in [9.17, 15) is 4.79 Å². The lowest BCUT2D eigenvalue weighted by atomic mass is 9.87. The minimum Gasteiger partial charge on any atom is -0.462 e. The average Bonchev–Trinajstić information content (AvgIpc) is 3.10. The smallest absolute Gasteiger partial charge is 0.336 e. The third-order valence-electron chi connectivity index (χ3n) is 4.52. The highest BCUT2D eigenvalue weighted by Crippen LogP contribution is 2.24. The molecule has 0 aliphatic heterocycles. The van der Waals surface area contributed by atoms with E-state index >= 15 is 0 Å². The molecular weight excluding hydrogens is 350 g/mol. The van der Waals surface area contributed by atoms with Crippen molar-refractivity contribution in [3.8, 4) is 17.4 Å². The van der Waals surface area contributed by atoms with Crippen LogP contribution in [0.25, 0.3) is 11.4 Å². The number of nitrogens with zero attached hydrogens (tertiary/aromatic N) is 3. The third-order valence-corrected chi connectivity index (χ3v) is 4.52. The summed E-state index contributed by atoms with van der Waals surface area (Å²) < 4.78 is 6.91. The molecule has 146 valence electrons. The standard InChI is InChI=1S/C23H27N3O2/c1-6-15-28-22-24-20(17-9-7-16(2)8-10-17)26(25-22)21(27)18-11-13-19(14-12-18)23(3,4)5/h7-14H,6,15H2,1-5H3. The Kier molecular flexibility index (Phi) is 5.63. The number of carbonyl (C=O) groups excluding carboxylic acids is 1.